The maximum atomic E-state index is 12.1. The molecule has 108 valence electrons. The molecule has 21 heavy (non-hydrogen) atoms. The summed E-state index contributed by atoms with van der Waals surface area (Å²) in [4.78, 5) is 12.1. The number of carbonyl (C=O) groups is 1. The molecule has 2 aromatic carbocycles. The number of hydrogen-bond donors (Lipinski definition) is 2. The Bertz CT molecular complexity index is 670. The molecule has 3 rings (SSSR count). The highest BCUT2D eigenvalue weighted by molar-refractivity contribution is 5.94. The molecule has 5 nitrogen and oxygen atoms in total. The number of hydrogen-bond acceptors (Lipinski definition) is 4. The van der Waals surface area contributed by atoms with Crippen LogP contribution in [0.4, 0.5) is 0 Å². The minimum Gasteiger partial charge on any atom is -0.454 e. The van der Waals surface area contributed by atoms with E-state index in [1.165, 1.54) is 0 Å². The first-order valence-corrected chi connectivity index (χ1v) is 6.72. The van der Waals surface area contributed by atoms with Crippen molar-refractivity contribution in [3.8, 4) is 11.5 Å². The number of ether oxygens (including phenoxy) is 2. The highest BCUT2D eigenvalue weighted by atomic mass is 16.7. The number of fused-ring (bicyclic) bond motifs is 1. The Hall–Kier alpha value is -2.53. The SMILES string of the molecule is NCc1cccc(C(=O)NCc2ccc3c(c2)OCO3)c1. The summed E-state index contributed by atoms with van der Waals surface area (Å²) in [5.41, 5.74) is 8.08. The van der Waals surface area contributed by atoms with Gasteiger partial charge in [0.25, 0.3) is 5.91 Å². The van der Waals surface area contributed by atoms with Crippen LogP contribution in [0.3, 0.4) is 0 Å². The minimum atomic E-state index is -0.122. The largest absolute Gasteiger partial charge is 0.454 e. The first-order valence-electron chi connectivity index (χ1n) is 6.72. The van der Waals surface area contributed by atoms with Crippen molar-refractivity contribution in [1.29, 1.82) is 0 Å². The molecule has 0 atom stereocenters. The van der Waals surface area contributed by atoms with E-state index in [0.717, 1.165) is 16.9 Å². The van der Waals surface area contributed by atoms with Gasteiger partial charge in [-0.1, -0.05) is 18.2 Å². The molecule has 1 aliphatic heterocycles. The molecule has 0 aromatic heterocycles. The Kier molecular flexibility index (Phi) is 3.75. The van der Waals surface area contributed by atoms with Crippen molar-refractivity contribution in [2.24, 2.45) is 5.73 Å². The van der Waals surface area contributed by atoms with E-state index < -0.39 is 0 Å². The molecule has 1 heterocycles. The first-order chi connectivity index (χ1) is 10.3. The van der Waals surface area contributed by atoms with Gasteiger partial charge in [0.05, 0.1) is 0 Å². The van der Waals surface area contributed by atoms with E-state index in [0.29, 0.717) is 24.4 Å². The molecule has 5 heteroatoms. The van der Waals surface area contributed by atoms with E-state index in [9.17, 15) is 4.79 Å². The van der Waals surface area contributed by atoms with Crippen LogP contribution in [-0.2, 0) is 13.1 Å². The molecule has 0 saturated heterocycles. The molecule has 0 unspecified atom stereocenters. The van der Waals surface area contributed by atoms with E-state index in [-0.39, 0.29) is 12.7 Å². The normalized spacial score (nSPS) is 12.2. The average Bonchev–Trinajstić information content (AvgIpc) is 3.00. The second kappa shape index (κ2) is 5.85. The number of benzene rings is 2. The summed E-state index contributed by atoms with van der Waals surface area (Å²) in [5, 5.41) is 2.88. The van der Waals surface area contributed by atoms with Crippen molar-refractivity contribution < 1.29 is 14.3 Å². The van der Waals surface area contributed by atoms with E-state index in [1.54, 1.807) is 12.1 Å². The first kappa shape index (κ1) is 13.5. The lowest BCUT2D eigenvalue weighted by atomic mass is 10.1. The van der Waals surface area contributed by atoms with E-state index in [4.69, 9.17) is 15.2 Å². The van der Waals surface area contributed by atoms with E-state index in [1.807, 2.05) is 30.3 Å². The predicted molar refractivity (Wildman–Crippen MR) is 78.1 cm³/mol. The van der Waals surface area contributed by atoms with Gasteiger partial charge in [0.1, 0.15) is 0 Å². The number of nitrogens with two attached hydrogens (primary N) is 1. The molecule has 1 amide bonds. The van der Waals surface area contributed by atoms with Crippen LogP contribution in [0.2, 0.25) is 0 Å². The zero-order valence-corrected chi connectivity index (χ0v) is 11.5. The van der Waals surface area contributed by atoms with Crippen LogP contribution in [0.5, 0.6) is 11.5 Å². The van der Waals surface area contributed by atoms with Crippen molar-refractivity contribution in [2.45, 2.75) is 13.1 Å². The Labute approximate surface area is 122 Å². The fourth-order valence-electron chi connectivity index (χ4n) is 2.17. The van der Waals surface area contributed by atoms with E-state index >= 15 is 0 Å². The molecule has 1 aliphatic rings. The lowest BCUT2D eigenvalue weighted by Gasteiger charge is -2.07. The molecular formula is C16H16N2O3. The maximum absolute atomic E-state index is 12.1. The number of carbonyl (C=O) groups excluding carboxylic acids is 1. The quantitative estimate of drug-likeness (QED) is 0.898. The van der Waals surface area contributed by atoms with E-state index in [2.05, 4.69) is 5.32 Å². The minimum absolute atomic E-state index is 0.122. The standard InChI is InChI=1S/C16H16N2O3/c17-8-11-2-1-3-13(6-11)16(19)18-9-12-4-5-14-15(7-12)21-10-20-14/h1-7H,8-10,17H2,(H,18,19). The zero-order chi connectivity index (χ0) is 14.7. The monoisotopic (exact) mass is 284 g/mol. The summed E-state index contributed by atoms with van der Waals surface area (Å²) >= 11 is 0. The van der Waals surface area contributed by atoms with Crippen molar-refractivity contribution in [3.63, 3.8) is 0 Å². The fraction of sp³-hybridized carbons (Fsp3) is 0.188. The van der Waals surface area contributed by atoms with Crippen molar-refractivity contribution in [2.75, 3.05) is 6.79 Å². The van der Waals surface area contributed by atoms with Gasteiger partial charge in [0.2, 0.25) is 6.79 Å². The average molecular weight is 284 g/mol. The van der Waals surface area contributed by atoms with Crippen molar-refractivity contribution >= 4 is 5.91 Å². The molecule has 3 N–H and O–H groups in total. The topological polar surface area (TPSA) is 73.6 Å². The summed E-state index contributed by atoms with van der Waals surface area (Å²) in [7, 11) is 0. The fourth-order valence-corrected chi connectivity index (χ4v) is 2.17. The van der Waals surface area contributed by atoms with Gasteiger partial charge in [-0.05, 0) is 35.4 Å². The molecule has 0 bridgehead atoms. The third-order valence-electron chi connectivity index (χ3n) is 3.31. The van der Waals surface area contributed by atoms with Gasteiger partial charge in [0, 0.05) is 18.7 Å². The molecule has 0 fully saturated rings. The third kappa shape index (κ3) is 2.98. The molecule has 0 aliphatic carbocycles. The van der Waals surface area contributed by atoms with Crippen LogP contribution in [0.25, 0.3) is 0 Å². The zero-order valence-electron chi connectivity index (χ0n) is 11.5. The third-order valence-corrected chi connectivity index (χ3v) is 3.31. The Morgan fingerprint density at radius 1 is 1.10 bits per heavy atom. The Morgan fingerprint density at radius 3 is 2.81 bits per heavy atom. The van der Waals surface area contributed by atoms with Crippen LogP contribution < -0.4 is 20.5 Å². The number of nitrogens with one attached hydrogen (secondary N) is 1. The summed E-state index contributed by atoms with van der Waals surface area (Å²) in [6.07, 6.45) is 0. The summed E-state index contributed by atoms with van der Waals surface area (Å²) in [6, 6.07) is 12.9. The summed E-state index contributed by atoms with van der Waals surface area (Å²) < 4.78 is 10.6. The second-order valence-electron chi connectivity index (χ2n) is 4.77. The number of rotatable bonds is 4. The molecule has 2 aromatic rings. The van der Waals surface area contributed by atoms with Gasteiger partial charge in [-0.2, -0.15) is 0 Å². The summed E-state index contributed by atoms with van der Waals surface area (Å²) in [5.74, 6) is 1.33. The smallest absolute Gasteiger partial charge is 0.251 e. The van der Waals surface area contributed by atoms with Gasteiger partial charge >= 0.3 is 0 Å². The maximum Gasteiger partial charge on any atom is 0.251 e. The molecule has 0 radical (unpaired) electrons. The Morgan fingerprint density at radius 2 is 1.95 bits per heavy atom. The van der Waals surface area contributed by atoms with Gasteiger partial charge in [-0.15, -0.1) is 0 Å². The molecule has 0 spiro atoms. The highest BCUT2D eigenvalue weighted by Crippen LogP contribution is 2.32. The second-order valence-corrected chi connectivity index (χ2v) is 4.77. The lowest BCUT2D eigenvalue weighted by Crippen LogP contribution is -2.22. The predicted octanol–water partition coefficient (Wildman–Crippen LogP) is 1.80. The summed E-state index contributed by atoms with van der Waals surface area (Å²) in [6.45, 7) is 1.10. The van der Waals surface area contributed by atoms with Gasteiger partial charge in [0.15, 0.2) is 11.5 Å². The van der Waals surface area contributed by atoms with Crippen LogP contribution in [-0.4, -0.2) is 12.7 Å². The van der Waals surface area contributed by atoms with Gasteiger partial charge in [-0.3, -0.25) is 4.79 Å². The van der Waals surface area contributed by atoms with Gasteiger partial charge in [-0.25, -0.2) is 0 Å². The van der Waals surface area contributed by atoms with Crippen LogP contribution in [0, 0.1) is 0 Å². The van der Waals surface area contributed by atoms with Crippen LogP contribution in [0.1, 0.15) is 21.5 Å². The van der Waals surface area contributed by atoms with Crippen molar-refractivity contribution in [3.05, 3.63) is 59.2 Å². The lowest BCUT2D eigenvalue weighted by molar-refractivity contribution is 0.0950. The number of amides is 1. The highest BCUT2D eigenvalue weighted by Gasteiger charge is 2.13. The molecule has 0 saturated carbocycles. The van der Waals surface area contributed by atoms with Gasteiger partial charge < -0.3 is 20.5 Å². The van der Waals surface area contributed by atoms with Crippen molar-refractivity contribution in [1.82, 2.24) is 5.32 Å². The molecular weight excluding hydrogens is 268 g/mol. The Balaban J connectivity index is 1.65. The van der Waals surface area contributed by atoms with Crippen LogP contribution >= 0.6 is 0 Å². The van der Waals surface area contributed by atoms with Crippen LogP contribution in [0.15, 0.2) is 42.5 Å².